The van der Waals surface area contributed by atoms with Crippen molar-refractivity contribution in [1.29, 1.82) is 0 Å². The number of rotatable bonds is 6. The second-order valence-electron chi connectivity index (χ2n) is 7.57. The smallest absolute Gasteiger partial charge is 0.253 e. The monoisotopic (exact) mass is 384 g/mol. The number of aliphatic imine (C=N–C) groups is 1. The third kappa shape index (κ3) is 5.81. The van der Waals surface area contributed by atoms with Crippen LogP contribution in [0.3, 0.4) is 0 Å². The van der Waals surface area contributed by atoms with Crippen LogP contribution in [0.5, 0.6) is 0 Å². The minimum absolute atomic E-state index is 0.0139. The van der Waals surface area contributed by atoms with E-state index in [4.69, 9.17) is 0 Å². The number of benzene rings is 2. The molecule has 5 nitrogen and oxygen atoms in total. The lowest BCUT2D eigenvalue weighted by Gasteiger charge is -2.26. The minimum atomic E-state index is -0.233. The number of carbonyl (C=O) groups excluding carboxylic acids is 1. The van der Waals surface area contributed by atoms with Gasteiger partial charge >= 0.3 is 0 Å². The first-order valence-electron chi connectivity index (χ1n) is 9.24. The number of nitrogens with zero attached hydrogens (tertiary/aromatic N) is 2. The normalized spacial score (nSPS) is 11.9. The fourth-order valence-electron chi connectivity index (χ4n) is 2.74. The van der Waals surface area contributed by atoms with E-state index in [2.05, 4.69) is 29.5 Å². The zero-order valence-corrected chi connectivity index (χ0v) is 17.2. The van der Waals surface area contributed by atoms with Gasteiger partial charge in [-0.2, -0.15) is 0 Å². The third-order valence-corrected chi connectivity index (χ3v) is 4.61. The maximum absolute atomic E-state index is 13.1. The number of halogens is 1. The van der Waals surface area contributed by atoms with Crippen LogP contribution in [-0.4, -0.2) is 44.5 Å². The molecule has 0 saturated carbocycles. The summed E-state index contributed by atoms with van der Waals surface area (Å²) in [6.45, 7) is 5.43. The number of hydrogen-bond donors (Lipinski definition) is 2. The number of carbonyl (C=O) groups is 1. The Balaban J connectivity index is 1.90. The van der Waals surface area contributed by atoms with Gasteiger partial charge in [0, 0.05) is 45.2 Å². The molecule has 0 aromatic heterocycles. The summed E-state index contributed by atoms with van der Waals surface area (Å²) >= 11 is 0. The van der Waals surface area contributed by atoms with E-state index < -0.39 is 0 Å². The van der Waals surface area contributed by atoms with Gasteiger partial charge in [-0.15, -0.1) is 0 Å². The van der Waals surface area contributed by atoms with Gasteiger partial charge in [-0.05, 0) is 35.4 Å². The lowest BCUT2D eigenvalue weighted by Crippen LogP contribution is -2.43. The summed E-state index contributed by atoms with van der Waals surface area (Å²) in [5.41, 5.74) is 2.59. The summed E-state index contributed by atoms with van der Waals surface area (Å²) in [5.74, 6) is 0.437. The Hall–Kier alpha value is -2.89. The van der Waals surface area contributed by atoms with Crippen molar-refractivity contribution in [3.8, 4) is 0 Å². The Morgan fingerprint density at radius 3 is 2.18 bits per heavy atom. The molecule has 0 fully saturated rings. The van der Waals surface area contributed by atoms with E-state index in [0.717, 1.165) is 11.1 Å². The largest absolute Gasteiger partial charge is 0.356 e. The molecule has 0 spiro atoms. The fraction of sp³-hybridized carbons (Fsp3) is 0.364. The quantitative estimate of drug-likeness (QED) is 0.594. The molecule has 1 amide bonds. The van der Waals surface area contributed by atoms with Gasteiger partial charge < -0.3 is 15.5 Å². The van der Waals surface area contributed by atoms with Crippen LogP contribution in [0, 0.1) is 5.82 Å². The summed E-state index contributed by atoms with van der Waals surface area (Å²) in [7, 11) is 5.20. The van der Waals surface area contributed by atoms with Gasteiger partial charge in [0.25, 0.3) is 5.91 Å². The number of amides is 1. The van der Waals surface area contributed by atoms with Crippen molar-refractivity contribution >= 4 is 11.9 Å². The van der Waals surface area contributed by atoms with Gasteiger partial charge in [-0.1, -0.05) is 38.1 Å². The van der Waals surface area contributed by atoms with Crippen LogP contribution in [0.25, 0.3) is 0 Å². The highest BCUT2D eigenvalue weighted by molar-refractivity contribution is 5.93. The zero-order chi connectivity index (χ0) is 20.7. The van der Waals surface area contributed by atoms with E-state index in [1.165, 1.54) is 12.1 Å². The van der Waals surface area contributed by atoms with Crippen LogP contribution in [0.2, 0.25) is 0 Å². The number of hydrogen-bond acceptors (Lipinski definition) is 2. The van der Waals surface area contributed by atoms with Gasteiger partial charge in [0.1, 0.15) is 5.82 Å². The second kappa shape index (κ2) is 9.35. The molecule has 0 saturated heterocycles. The Morgan fingerprint density at radius 1 is 1.04 bits per heavy atom. The first kappa shape index (κ1) is 21.4. The topological polar surface area (TPSA) is 56.7 Å². The molecule has 0 atom stereocenters. The highest BCUT2D eigenvalue weighted by Gasteiger charge is 2.21. The summed E-state index contributed by atoms with van der Waals surface area (Å²) in [5, 5.41) is 6.60. The van der Waals surface area contributed by atoms with Gasteiger partial charge in [0.2, 0.25) is 0 Å². The van der Waals surface area contributed by atoms with Gasteiger partial charge in [-0.3, -0.25) is 9.79 Å². The molecule has 0 bridgehead atoms. The molecule has 6 heteroatoms. The number of nitrogens with one attached hydrogen (secondary N) is 2. The maximum atomic E-state index is 13.1. The molecule has 0 heterocycles. The lowest BCUT2D eigenvalue weighted by molar-refractivity contribution is 0.0827. The molecule has 0 aliphatic rings. The average molecular weight is 384 g/mol. The van der Waals surface area contributed by atoms with E-state index in [9.17, 15) is 9.18 Å². The minimum Gasteiger partial charge on any atom is -0.356 e. The molecular formula is C22H29FN4O. The van der Waals surface area contributed by atoms with E-state index >= 15 is 0 Å². The second-order valence-corrected chi connectivity index (χ2v) is 7.57. The molecule has 0 aliphatic carbocycles. The molecule has 2 aromatic carbocycles. The first-order chi connectivity index (χ1) is 13.2. The molecule has 0 aliphatic heterocycles. The van der Waals surface area contributed by atoms with Crippen molar-refractivity contribution in [1.82, 2.24) is 15.5 Å². The molecule has 150 valence electrons. The Bertz CT molecular complexity index is 811. The first-order valence-corrected chi connectivity index (χ1v) is 9.24. The highest BCUT2D eigenvalue weighted by Crippen LogP contribution is 2.22. The van der Waals surface area contributed by atoms with Crippen LogP contribution in [0.1, 0.15) is 35.3 Å². The molecule has 2 rings (SSSR count). The molecule has 0 radical (unpaired) electrons. The van der Waals surface area contributed by atoms with E-state index in [0.29, 0.717) is 24.6 Å². The van der Waals surface area contributed by atoms with Crippen LogP contribution in [-0.2, 0) is 12.0 Å². The van der Waals surface area contributed by atoms with Crippen molar-refractivity contribution in [2.45, 2.75) is 25.8 Å². The molecule has 2 N–H and O–H groups in total. The van der Waals surface area contributed by atoms with Gasteiger partial charge in [0.05, 0.1) is 0 Å². The molecule has 28 heavy (non-hydrogen) atoms. The van der Waals surface area contributed by atoms with Crippen LogP contribution < -0.4 is 10.6 Å². The predicted molar refractivity (Wildman–Crippen MR) is 112 cm³/mol. The van der Waals surface area contributed by atoms with Crippen molar-refractivity contribution in [2.75, 3.05) is 27.7 Å². The predicted octanol–water partition coefficient (Wildman–Crippen LogP) is 3.17. The van der Waals surface area contributed by atoms with E-state index in [1.54, 1.807) is 26.0 Å². The Labute approximate surface area is 166 Å². The summed E-state index contributed by atoms with van der Waals surface area (Å²) in [4.78, 5) is 17.8. The number of guanidine groups is 1. The molecule has 2 aromatic rings. The Kier molecular flexibility index (Phi) is 7.15. The SMILES string of the molecule is CN=C(NCc1ccc(C(=O)N(C)C)cc1)NCC(C)(C)c1ccc(F)cc1. The van der Waals surface area contributed by atoms with Crippen molar-refractivity contribution in [3.05, 3.63) is 71.0 Å². The molecular weight excluding hydrogens is 355 g/mol. The van der Waals surface area contributed by atoms with Gasteiger partial charge in [-0.25, -0.2) is 4.39 Å². The van der Waals surface area contributed by atoms with Crippen molar-refractivity contribution in [2.24, 2.45) is 4.99 Å². The highest BCUT2D eigenvalue weighted by atomic mass is 19.1. The Morgan fingerprint density at radius 2 is 1.64 bits per heavy atom. The summed E-state index contributed by atoms with van der Waals surface area (Å²) in [6.07, 6.45) is 0. The van der Waals surface area contributed by atoms with E-state index in [-0.39, 0.29) is 17.1 Å². The molecule has 0 unspecified atom stereocenters. The van der Waals surface area contributed by atoms with Crippen LogP contribution >= 0.6 is 0 Å². The fourth-order valence-corrected chi connectivity index (χ4v) is 2.74. The van der Waals surface area contributed by atoms with Gasteiger partial charge in [0.15, 0.2) is 5.96 Å². The van der Waals surface area contributed by atoms with Crippen LogP contribution in [0.4, 0.5) is 4.39 Å². The average Bonchev–Trinajstić information content (AvgIpc) is 2.68. The van der Waals surface area contributed by atoms with E-state index in [1.807, 2.05) is 36.4 Å². The standard InChI is InChI=1S/C22H29FN4O/c1-22(2,18-10-12-19(23)13-11-18)15-26-21(24-3)25-14-16-6-8-17(9-7-16)20(28)27(4)5/h6-13H,14-15H2,1-5H3,(H2,24,25,26). The maximum Gasteiger partial charge on any atom is 0.253 e. The zero-order valence-electron chi connectivity index (χ0n) is 17.2. The van der Waals surface area contributed by atoms with Crippen molar-refractivity contribution in [3.63, 3.8) is 0 Å². The van der Waals surface area contributed by atoms with Crippen LogP contribution in [0.15, 0.2) is 53.5 Å². The summed E-state index contributed by atoms with van der Waals surface area (Å²) < 4.78 is 13.1. The lowest BCUT2D eigenvalue weighted by atomic mass is 9.84. The third-order valence-electron chi connectivity index (χ3n) is 4.61. The van der Waals surface area contributed by atoms with Crippen molar-refractivity contribution < 1.29 is 9.18 Å². The summed E-state index contributed by atoms with van der Waals surface area (Å²) in [6, 6.07) is 14.1.